The van der Waals surface area contributed by atoms with Gasteiger partial charge in [-0.25, -0.2) is 9.97 Å². The van der Waals surface area contributed by atoms with E-state index in [1.165, 1.54) is 0 Å². The summed E-state index contributed by atoms with van der Waals surface area (Å²) in [4.78, 5) is 19.9. The molecular weight excluding hydrogens is 284 g/mol. The Morgan fingerprint density at radius 1 is 1.29 bits per heavy atom. The molecule has 0 atom stereocenters. The lowest BCUT2D eigenvalue weighted by atomic mass is 10.2. The van der Waals surface area contributed by atoms with Crippen molar-refractivity contribution in [3.05, 3.63) is 36.5 Å². The fourth-order valence-electron chi connectivity index (χ4n) is 1.60. The van der Waals surface area contributed by atoms with Gasteiger partial charge in [-0.15, -0.1) is 11.8 Å². The van der Waals surface area contributed by atoms with Crippen LogP contribution in [0, 0.1) is 11.8 Å². The zero-order valence-corrected chi connectivity index (χ0v) is 12.5. The van der Waals surface area contributed by atoms with Gasteiger partial charge < -0.3 is 10.6 Å². The van der Waals surface area contributed by atoms with Gasteiger partial charge in [0.05, 0.1) is 0 Å². The second-order valence-electron chi connectivity index (χ2n) is 3.96. The molecule has 1 amide bonds. The van der Waals surface area contributed by atoms with E-state index in [0.29, 0.717) is 11.6 Å². The minimum absolute atomic E-state index is 0.338. The molecule has 0 saturated carbocycles. The van der Waals surface area contributed by atoms with Gasteiger partial charge in [0.25, 0.3) is 5.91 Å². The highest BCUT2D eigenvalue weighted by Crippen LogP contribution is 2.19. The Morgan fingerprint density at radius 2 is 2.10 bits per heavy atom. The Labute approximate surface area is 127 Å². The fourth-order valence-corrected chi connectivity index (χ4v) is 1.97. The number of amides is 1. The first kappa shape index (κ1) is 14.9. The van der Waals surface area contributed by atoms with Crippen LogP contribution < -0.4 is 10.6 Å². The summed E-state index contributed by atoms with van der Waals surface area (Å²) in [5.74, 6) is 5.16. The monoisotopic (exact) mass is 298 g/mol. The smallest absolute Gasteiger partial charge is 0.300 e. The van der Waals surface area contributed by atoms with Crippen LogP contribution in [-0.2, 0) is 4.79 Å². The number of carbonyl (C=O) groups is 1. The molecule has 1 heterocycles. The van der Waals surface area contributed by atoms with E-state index in [4.69, 9.17) is 0 Å². The predicted molar refractivity (Wildman–Crippen MR) is 85.6 cm³/mol. The predicted octanol–water partition coefficient (Wildman–Crippen LogP) is 2.90. The topological polar surface area (TPSA) is 66.9 Å². The molecular formula is C15H14N4OS. The van der Waals surface area contributed by atoms with Crippen molar-refractivity contribution in [1.29, 1.82) is 0 Å². The van der Waals surface area contributed by atoms with Crippen molar-refractivity contribution in [2.24, 2.45) is 0 Å². The summed E-state index contributed by atoms with van der Waals surface area (Å²) in [6.45, 7) is 1.62. The van der Waals surface area contributed by atoms with E-state index in [0.717, 1.165) is 10.7 Å². The highest BCUT2D eigenvalue weighted by molar-refractivity contribution is 7.98. The second kappa shape index (κ2) is 7.31. The quantitative estimate of drug-likeness (QED) is 0.516. The molecule has 21 heavy (non-hydrogen) atoms. The number of hydrogen-bond acceptors (Lipinski definition) is 5. The fraction of sp³-hybridized carbons (Fsp3) is 0.133. The van der Waals surface area contributed by atoms with Crippen LogP contribution >= 0.6 is 11.8 Å². The van der Waals surface area contributed by atoms with Gasteiger partial charge in [-0.3, -0.25) is 4.79 Å². The second-order valence-corrected chi connectivity index (χ2v) is 4.78. The van der Waals surface area contributed by atoms with Crippen LogP contribution in [0.4, 0.5) is 17.3 Å². The van der Waals surface area contributed by atoms with Gasteiger partial charge in [-0.05, 0) is 43.4 Å². The van der Waals surface area contributed by atoms with Gasteiger partial charge >= 0.3 is 0 Å². The lowest BCUT2D eigenvalue weighted by molar-refractivity contribution is -0.111. The van der Waals surface area contributed by atoms with Gasteiger partial charge in [-0.1, -0.05) is 12.0 Å². The van der Waals surface area contributed by atoms with Crippen LogP contribution in [0.3, 0.4) is 0 Å². The highest BCUT2D eigenvalue weighted by atomic mass is 32.2. The third kappa shape index (κ3) is 4.51. The summed E-state index contributed by atoms with van der Waals surface area (Å²) < 4.78 is 0. The number of hydrogen-bond donors (Lipinski definition) is 2. The minimum atomic E-state index is -0.338. The third-order valence-electron chi connectivity index (χ3n) is 2.45. The largest absolute Gasteiger partial charge is 0.324 e. The number of nitrogens with zero attached hydrogens (tertiary/aromatic N) is 2. The van der Waals surface area contributed by atoms with E-state index < -0.39 is 0 Å². The van der Waals surface area contributed by atoms with Crippen LogP contribution in [0.1, 0.15) is 6.92 Å². The van der Waals surface area contributed by atoms with Crippen LogP contribution in [0.2, 0.25) is 0 Å². The molecule has 5 nitrogen and oxygen atoms in total. The zero-order valence-electron chi connectivity index (χ0n) is 11.7. The molecule has 2 aromatic rings. The van der Waals surface area contributed by atoms with Crippen molar-refractivity contribution in [2.75, 3.05) is 16.9 Å². The first-order valence-corrected chi connectivity index (χ1v) is 7.41. The molecule has 2 N–H and O–H groups in total. The van der Waals surface area contributed by atoms with Crippen molar-refractivity contribution in [1.82, 2.24) is 9.97 Å². The molecule has 2 rings (SSSR count). The molecule has 0 aliphatic carbocycles. The minimum Gasteiger partial charge on any atom is -0.324 e. The molecule has 1 aromatic carbocycles. The van der Waals surface area contributed by atoms with Gasteiger partial charge in [0.2, 0.25) is 5.95 Å². The Kier molecular flexibility index (Phi) is 5.18. The van der Waals surface area contributed by atoms with Crippen molar-refractivity contribution >= 4 is 35.0 Å². The molecule has 0 spiro atoms. The maximum atomic E-state index is 11.4. The molecule has 0 aliphatic rings. The van der Waals surface area contributed by atoms with E-state index in [2.05, 4.69) is 32.4 Å². The van der Waals surface area contributed by atoms with Gasteiger partial charge in [0.15, 0.2) is 0 Å². The number of carbonyl (C=O) groups excluding carboxylic acids is 1. The Morgan fingerprint density at radius 3 is 2.86 bits per heavy atom. The maximum absolute atomic E-state index is 11.4. The normalized spacial score (nSPS) is 9.43. The van der Waals surface area contributed by atoms with Crippen molar-refractivity contribution in [3.63, 3.8) is 0 Å². The van der Waals surface area contributed by atoms with E-state index in [-0.39, 0.29) is 5.91 Å². The van der Waals surface area contributed by atoms with Crippen LogP contribution in [-0.4, -0.2) is 22.1 Å². The Bertz CT molecular complexity index is 706. The first-order valence-electron chi connectivity index (χ1n) is 6.19. The molecule has 0 bridgehead atoms. The Hall–Kier alpha value is -2.52. The van der Waals surface area contributed by atoms with E-state index >= 15 is 0 Å². The molecule has 0 aliphatic heterocycles. The number of benzene rings is 1. The number of aromatic nitrogens is 2. The molecule has 0 unspecified atom stereocenters. The van der Waals surface area contributed by atoms with E-state index in [1.807, 2.05) is 24.5 Å². The van der Waals surface area contributed by atoms with Crippen LogP contribution in [0.25, 0.3) is 0 Å². The number of thioether (sulfide) groups is 1. The standard InChI is InChI=1S/C15H14N4OS/c1-3-5-13(20)17-11-6-4-7-12(10-11)18-15-16-9-8-14(19-15)21-2/h4,6-10H,1-2H3,(H,17,20)(H,16,18,19). The van der Waals surface area contributed by atoms with E-state index in [1.54, 1.807) is 37.0 Å². The summed E-state index contributed by atoms with van der Waals surface area (Å²) >= 11 is 1.55. The lowest BCUT2D eigenvalue weighted by Gasteiger charge is -2.07. The summed E-state index contributed by atoms with van der Waals surface area (Å²) in [6, 6.07) is 9.13. The summed E-state index contributed by atoms with van der Waals surface area (Å²) in [7, 11) is 0. The summed E-state index contributed by atoms with van der Waals surface area (Å²) in [5, 5.41) is 6.68. The van der Waals surface area contributed by atoms with Gasteiger partial charge in [-0.2, -0.15) is 0 Å². The van der Waals surface area contributed by atoms with Crippen molar-refractivity contribution in [2.45, 2.75) is 11.9 Å². The SMILES string of the molecule is CC#CC(=O)Nc1cccc(Nc2nccc(SC)n2)c1. The lowest BCUT2D eigenvalue weighted by Crippen LogP contribution is -2.08. The molecule has 1 aromatic heterocycles. The molecule has 0 saturated heterocycles. The van der Waals surface area contributed by atoms with Gasteiger partial charge in [0, 0.05) is 17.6 Å². The number of nitrogens with one attached hydrogen (secondary N) is 2. The summed E-state index contributed by atoms with van der Waals surface area (Å²) in [5.41, 5.74) is 1.45. The average molecular weight is 298 g/mol. The number of anilines is 3. The average Bonchev–Trinajstić information content (AvgIpc) is 2.48. The van der Waals surface area contributed by atoms with Gasteiger partial charge in [0.1, 0.15) is 5.03 Å². The van der Waals surface area contributed by atoms with Crippen LogP contribution in [0.15, 0.2) is 41.6 Å². The number of rotatable bonds is 4. The summed E-state index contributed by atoms with van der Waals surface area (Å²) in [6.07, 6.45) is 3.65. The van der Waals surface area contributed by atoms with Crippen molar-refractivity contribution < 1.29 is 4.79 Å². The van der Waals surface area contributed by atoms with Crippen LogP contribution in [0.5, 0.6) is 0 Å². The molecule has 0 radical (unpaired) electrons. The molecule has 0 fully saturated rings. The maximum Gasteiger partial charge on any atom is 0.300 e. The first-order chi connectivity index (χ1) is 10.2. The highest BCUT2D eigenvalue weighted by Gasteiger charge is 2.02. The Balaban J connectivity index is 2.13. The molecule has 106 valence electrons. The van der Waals surface area contributed by atoms with E-state index in [9.17, 15) is 4.79 Å². The third-order valence-corrected chi connectivity index (χ3v) is 3.10. The zero-order chi connectivity index (χ0) is 15.1. The van der Waals surface area contributed by atoms with Crippen molar-refractivity contribution in [3.8, 4) is 11.8 Å². The molecule has 6 heteroatoms.